The molecule has 1 N–H and O–H groups in total. The van der Waals surface area contributed by atoms with E-state index in [0.29, 0.717) is 17.8 Å². The molecule has 0 unspecified atom stereocenters. The minimum Gasteiger partial charge on any atom is -0.319 e. The first-order chi connectivity index (χ1) is 12.4. The Morgan fingerprint density at radius 3 is 2.65 bits per heavy atom. The topological polar surface area (TPSA) is 90.1 Å². The Balaban J connectivity index is 1.67. The molecule has 0 saturated carbocycles. The van der Waals surface area contributed by atoms with Crippen LogP contribution in [-0.4, -0.2) is 20.6 Å². The average Bonchev–Trinajstić information content (AvgIpc) is 3.04. The number of nitrogens with one attached hydrogen (secondary N) is 1. The van der Waals surface area contributed by atoms with Crippen LogP contribution in [0.1, 0.15) is 15.9 Å². The van der Waals surface area contributed by atoms with Crippen molar-refractivity contribution < 1.29 is 14.1 Å². The molecule has 0 aliphatic heterocycles. The molecule has 26 heavy (non-hydrogen) atoms. The quantitative estimate of drug-likeness (QED) is 0.542. The summed E-state index contributed by atoms with van der Waals surface area (Å²) in [6.07, 6.45) is 3.06. The highest BCUT2D eigenvalue weighted by Gasteiger charge is 2.11. The molecule has 1 aromatic heterocycles. The fourth-order valence-electron chi connectivity index (χ4n) is 2.28. The number of rotatable bonds is 5. The third-order valence-corrected chi connectivity index (χ3v) is 3.93. The van der Waals surface area contributed by atoms with E-state index in [1.54, 1.807) is 16.9 Å². The second kappa shape index (κ2) is 7.32. The van der Waals surface area contributed by atoms with Gasteiger partial charge >= 0.3 is 0 Å². The van der Waals surface area contributed by atoms with E-state index in [1.807, 2.05) is 0 Å². The van der Waals surface area contributed by atoms with Crippen LogP contribution in [0.3, 0.4) is 0 Å². The molecular formula is C17H12ClFN4O3. The van der Waals surface area contributed by atoms with Gasteiger partial charge in [0.05, 0.1) is 23.4 Å². The SMILES string of the molecule is O=C(Nc1cnn(Cc2ccc(F)cc2Cl)c1)c1ccc([N+](=O)[O-])cc1. The first kappa shape index (κ1) is 17.6. The minimum atomic E-state index is -0.535. The van der Waals surface area contributed by atoms with Crippen molar-refractivity contribution in [3.05, 3.63) is 86.9 Å². The van der Waals surface area contributed by atoms with Gasteiger partial charge in [-0.1, -0.05) is 17.7 Å². The van der Waals surface area contributed by atoms with E-state index in [4.69, 9.17) is 11.6 Å². The molecule has 7 nitrogen and oxygen atoms in total. The molecule has 0 saturated heterocycles. The molecule has 2 aromatic carbocycles. The lowest BCUT2D eigenvalue weighted by molar-refractivity contribution is -0.384. The van der Waals surface area contributed by atoms with E-state index >= 15 is 0 Å². The number of benzene rings is 2. The van der Waals surface area contributed by atoms with E-state index in [9.17, 15) is 19.3 Å². The standard InChI is InChI=1S/C17H12ClFN4O3/c18-16-7-13(19)4-1-12(16)9-22-10-14(8-20-22)21-17(24)11-2-5-15(6-3-11)23(25)26/h1-8,10H,9H2,(H,21,24). The minimum absolute atomic E-state index is 0.0921. The summed E-state index contributed by atoms with van der Waals surface area (Å²) >= 11 is 5.99. The second-order valence-corrected chi connectivity index (χ2v) is 5.83. The lowest BCUT2D eigenvalue weighted by atomic mass is 10.2. The van der Waals surface area contributed by atoms with E-state index in [0.717, 1.165) is 0 Å². The molecule has 0 aliphatic rings. The highest BCUT2D eigenvalue weighted by atomic mass is 35.5. The summed E-state index contributed by atoms with van der Waals surface area (Å²) in [5.41, 5.74) is 1.33. The molecule has 0 fully saturated rings. The Morgan fingerprint density at radius 2 is 2.00 bits per heavy atom. The van der Waals surface area contributed by atoms with Gasteiger partial charge in [0.15, 0.2) is 0 Å². The highest BCUT2D eigenvalue weighted by molar-refractivity contribution is 6.31. The molecule has 0 spiro atoms. The molecule has 3 rings (SSSR count). The predicted molar refractivity (Wildman–Crippen MR) is 93.8 cm³/mol. The van der Waals surface area contributed by atoms with E-state index in [1.165, 1.54) is 42.6 Å². The van der Waals surface area contributed by atoms with Crippen LogP contribution in [0, 0.1) is 15.9 Å². The number of aromatic nitrogens is 2. The van der Waals surface area contributed by atoms with E-state index in [-0.39, 0.29) is 16.3 Å². The van der Waals surface area contributed by atoms with Crippen LogP contribution in [0.25, 0.3) is 0 Å². The first-order valence-corrected chi connectivity index (χ1v) is 7.82. The number of non-ortho nitro benzene ring substituents is 1. The van der Waals surface area contributed by atoms with Crippen molar-refractivity contribution in [3.8, 4) is 0 Å². The lowest BCUT2D eigenvalue weighted by Crippen LogP contribution is -2.11. The summed E-state index contributed by atoms with van der Waals surface area (Å²) in [7, 11) is 0. The van der Waals surface area contributed by atoms with Crippen molar-refractivity contribution in [2.24, 2.45) is 0 Å². The van der Waals surface area contributed by atoms with Gasteiger partial charge < -0.3 is 5.32 Å². The maximum atomic E-state index is 13.1. The summed E-state index contributed by atoms with van der Waals surface area (Å²) < 4.78 is 14.6. The Bertz CT molecular complexity index is 972. The van der Waals surface area contributed by atoms with Crippen molar-refractivity contribution in [2.75, 3.05) is 5.32 Å². The highest BCUT2D eigenvalue weighted by Crippen LogP contribution is 2.19. The summed E-state index contributed by atoms with van der Waals surface area (Å²) in [5.74, 6) is -0.838. The van der Waals surface area contributed by atoms with Crippen LogP contribution in [-0.2, 0) is 6.54 Å². The number of carbonyl (C=O) groups is 1. The van der Waals surface area contributed by atoms with Crippen LogP contribution < -0.4 is 5.32 Å². The van der Waals surface area contributed by atoms with Crippen LogP contribution in [0.15, 0.2) is 54.9 Å². The maximum absolute atomic E-state index is 13.1. The van der Waals surface area contributed by atoms with Crippen molar-refractivity contribution in [1.29, 1.82) is 0 Å². The van der Waals surface area contributed by atoms with Crippen molar-refractivity contribution in [3.63, 3.8) is 0 Å². The van der Waals surface area contributed by atoms with Gasteiger partial charge in [0.25, 0.3) is 11.6 Å². The average molecular weight is 375 g/mol. The number of anilines is 1. The van der Waals surface area contributed by atoms with Gasteiger partial charge in [-0.25, -0.2) is 4.39 Å². The number of nitro groups is 1. The molecule has 0 radical (unpaired) electrons. The Labute approximate surface area is 152 Å². The molecule has 1 amide bonds. The molecular weight excluding hydrogens is 363 g/mol. The molecule has 132 valence electrons. The molecule has 9 heteroatoms. The first-order valence-electron chi connectivity index (χ1n) is 7.44. The van der Waals surface area contributed by atoms with Crippen LogP contribution in [0.5, 0.6) is 0 Å². The van der Waals surface area contributed by atoms with Crippen molar-refractivity contribution >= 4 is 28.9 Å². The van der Waals surface area contributed by atoms with E-state index in [2.05, 4.69) is 10.4 Å². The van der Waals surface area contributed by atoms with Gasteiger partial charge in [0, 0.05) is 28.9 Å². The smallest absolute Gasteiger partial charge is 0.269 e. The number of hydrogen-bond acceptors (Lipinski definition) is 4. The Morgan fingerprint density at radius 1 is 1.27 bits per heavy atom. The van der Waals surface area contributed by atoms with Crippen molar-refractivity contribution in [2.45, 2.75) is 6.54 Å². The fourth-order valence-corrected chi connectivity index (χ4v) is 2.50. The summed E-state index contributed by atoms with van der Waals surface area (Å²) in [6.45, 7) is 0.312. The van der Waals surface area contributed by atoms with Crippen LogP contribution in [0.4, 0.5) is 15.8 Å². The summed E-state index contributed by atoms with van der Waals surface area (Å²) in [5, 5.41) is 17.7. The van der Waals surface area contributed by atoms with E-state index < -0.39 is 16.6 Å². The monoisotopic (exact) mass is 374 g/mol. The molecule has 3 aromatic rings. The number of nitrogens with zero attached hydrogens (tertiary/aromatic N) is 3. The third-order valence-electron chi connectivity index (χ3n) is 3.58. The van der Waals surface area contributed by atoms with Crippen LogP contribution >= 0.6 is 11.6 Å². The Hall–Kier alpha value is -3.26. The van der Waals surface area contributed by atoms with Gasteiger partial charge in [-0.3, -0.25) is 19.6 Å². The molecule has 0 aliphatic carbocycles. The lowest BCUT2D eigenvalue weighted by Gasteiger charge is -2.05. The maximum Gasteiger partial charge on any atom is 0.269 e. The zero-order valence-corrected chi connectivity index (χ0v) is 14.0. The zero-order valence-electron chi connectivity index (χ0n) is 13.2. The fraction of sp³-hybridized carbons (Fsp3) is 0.0588. The van der Waals surface area contributed by atoms with Gasteiger partial charge in [0.1, 0.15) is 5.82 Å². The zero-order chi connectivity index (χ0) is 18.7. The molecule has 0 atom stereocenters. The number of hydrogen-bond donors (Lipinski definition) is 1. The largest absolute Gasteiger partial charge is 0.319 e. The van der Waals surface area contributed by atoms with Crippen LogP contribution in [0.2, 0.25) is 5.02 Å². The summed E-state index contributed by atoms with van der Waals surface area (Å²) in [4.78, 5) is 22.3. The number of halogens is 2. The van der Waals surface area contributed by atoms with Gasteiger partial charge in [0.2, 0.25) is 0 Å². The second-order valence-electron chi connectivity index (χ2n) is 5.42. The number of carbonyl (C=O) groups excluding carboxylic acids is 1. The normalized spacial score (nSPS) is 10.5. The predicted octanol–water partition coefficient (Wildman–Crippen LogP) is 3.88. The third kappa shape index (κ3) is 4.04. The van der Waals surface area contributed by atoms with Gasteiger partial charge in [-0.05, 0) is 29.8 Å². The molecule has 1 heterocycles. The van der Waals surface area contributed by atoms with Gasteiger partial charge in [-0.2, -0.15) is 5.10 Å². The Kier molecular flexibility index (Phi) is 4.94. The number of nitro benzene ring substituents is 1. The van der Waals surface area contributed by atoms with Gasteiger partial charge in [-0.15, -0.1) is 0 Å². The number of amides is 1. The molecule has 0 bridgehead atoms. The van der Waals surface area contributed by atoms with Crippen molar-refractivity contribution in [1.82, 2.24) is 9.78 Å². The summed E-state index contributed by atoms with van der Waals surface area (Å²) in [6, 6.07) is 9.35.